The third kappa shape index (κ3) is 4.56. The molecule has 0 spiro atoms. The zero-order valence-electron chi connectivity index (χ0n) is 21.5. The van der Waals surface area contributed by atoms with Crippen LogP contribution in [-0.2, 0) is 11.2 Å². The molecule has 9 heteroatoms. The normalized spacial score (nSPS) is 21.6. The summed E-state index contributed by atoms with van der Waals surface area (Å²) in [6.45, 7) is 4.35. The molecule has 0 bridgehead atoms. The number of likely N-dealkylation sites (tertiary alicyclic amines) is 1. The lowest BCUT2D eigenvalue weighted by molar-refractivity contribution is -0.750. The van der Waals surface area contributed by atoms with Crippen LogP contribution in [-0.4, -0.2) is 50.9 Å². The minimum Gasteiger partial charge on any atom is -0.323 e. The standard InChI is InChI=1S/C29H29N7O2/c1-3-8-20-13-14-32-25(18-20)33-29(38)22-11-6-5-10-21(22)28-34-27(24-19-31-15-17-36(24,28)30)23-12-7-16-35(23)26(37)9-4-2/h5-6,10-11,13-15,17-19,23H,3,7-8,12,16,30H2,1-2H3/p+1. The van der Waals surface area contributed by atoms with Crippen LogP contribution in [0.25, 0.3) is 0 Å². The first-order chi connectivity index (χ1) is 18.5. The number of fused-ring (bicyclic) bond motifs is 1. The Hall–Kier alpha value is -4.39. The minimum atomic E-state index is -0.309. The van der Waals surface area contributed by atoms with E-state index in [2.05, 4.69) is 34.1 Å². The first-order valence-electron chi connectivity index (χ1n) is 12.8. The number of carbonyl (C=O) groups is 2. The predicted molar refractivity (Wildman–Crippen MR) is 146 cm³/mol. The van der Waals surface area contributed by atoms with Crippen molar-refractivity contribution in [1.29, 1.82) is 0 Å². The van der Waals surface area contributed by atoms with Crippen LogP contribution in [0.3, 0.4) is 0 Å². The second-order valence-electron chi connectivity index (χ2n) is 9.39. The van der Waals surface area contributed by atoms with Gasteiger partial charge in [-0.15, -0.1) is 4.59 Å². The van der Waals surface area contributed by atoms with E-state index in [1.807, 2.05) is 24.3 Å². The molecule has 2 aromatic rings. The van der Waals surface area contributed by atoms with Gasteiger partial charge in [0, 0.05) is 12.7 Å². The number of benzene rings is 1. The number of rotatable bonds is 6. The highest BCUT2D eigenvalue weighted by Gasteiger charge is 2.48. The first kappa shape index (κ1) is 25.3. The number of pyridine rings is 1. The summed E-state index contributed by atoms with van der Waals surface area (Å²) in [7, 11) is 0. The van der Waals surface area contributed by atoms with Gasteiger partial charge in [0.05, 0.1) is 29.6 Å². The van der Waals surface area contributed by atoms with E-state index in [1.54, 1.807) is 48.8 Å². The van der Waals surface area contributed by atoms with Gasteiger partial charge >= 0.3 is 0 Å². The Labute approximate surface area is 222 Å². The number of nitrogens with one attached hydrogen (secondary N) is 1. The number of hydrogen-bond donors (Lipinski definition) is 2. The van der Waals surface area contributed by atoms with Crippen LogP contribution >= 0.6 is 0 Å². The highest BCUT2D eigenvalue weighted by molar-refractivity contribution is 6.13. The highest BCUT2D eigenvalue weighted by Crippen LogP contribution is 2.37. The molecule has 2 amide bonds. The number of amides is 2. The number of quaternary nitrogens is 1. The first-order valence-corrected chi connectivity index (χ1v) is 12.8. The van der Waals surface area contributed by atoms with E-state index in [0.717, 1.165) is 31.2 Å². The zero-order chi connectivity index (χ0) is 26.7. The molecule has 9 nitrogen and oxygen atoms in total. The van der Waals surface area contributed by atoms with Crippen LogP contribution in [0.1, 0.15) is 54.6 Å². The van der Waals surface area contributed by atoms with Crippen LogP contribution in [0.5, 0.6) is 0 Å². The smallest absolute Gasteiger partial charge is 0.299 e. The monoisotopic (exact) mass is 508 g/mol. The maximum Gasteiger partial charge on any atom is 0.299 e. The van der Waals surface area contributed by atoms with Gasteiger partial charge in [0.25, 0.3) is 17.6 Å². The molecule has 38 heavy (non-hydrogen) atoms. The van der Waals surface area contributed by atoms with Crippen molar-refractivity contribution in [3.63, 3.8) is 0 Å². The molecule has 1 saturated heterocycles. The molecule has 0 radical (unpaired) electrons. The van der Waals surface area contributed by atoms with E-state index in [9.17, 15) is 9.59 Å². The third-order valence-electron chi connectivity index (χ3n) is 6.90. The zero-order valence-corrected chi connectivity index (χ0v) is 21.5. The molecule has 192 valence electrons. The summed E-state index contributed by atoms with van der Waals surface area (Å²) in [5, 5.41) is 2.93. The molecule has 4 heterocycles. The van der Waals surface area contributed by atoms with Gasteiger partial charge in [0.15, 0.2) is 0 Å². The lowest BCUT2D eigenvalue weighted by Crippen LogP contribution is -2.53. The average Bonchev–Trinajstić information content (AvgIpc) is 3.51. The third-order valence-corrected chi connectivity index (χ3v) is 6.90. The van der Waals surface area contributed by atoms with E-state index in [1.165, 1.54) is 0 Å². The Kier molecular flexibility index (Phi) is 7.01. The number of aryl methyl sites for hydroxylation is 1. The van der Waals surface area contributed by atoms with Gasteiger partial charge < -0.3 is 10.2 Å². The number of amidine groups is 1. The number of nitrogens with two attached hydrogens (primary N) is 1. The van der Waals surface area contributed by atoms with Crippen LogP contribution < -0.4 is 11.2 Å². The van der Waals surface area contributed by atoms with Crippen molar-refractivity contribution in [3.8, 4) is 11.8 Å². The van der Waals surface area contributed by atoms with Gasteiger partial charge in [-0.3, -0.25) is 14.6 Å². The molecule has 3 aliphatic heterocycles. The molecular weight excluding hydrogens is 478 g/mol. The van der Waals surface area contributed by atoms with Crippen LogP contribution in [0.15, 0.2) is 76.4 Å². The van der Waals surface area contributed by atoms with Crippen LogP contribution in [0.4, 0.5) is 5.82 Å². The van der Waals surface area contributed by atoms with E-state index in [4.69, 9.17) is 10.8 Å². The summed E-state index contributed by atoms with van der Waals surface area (Å²) in [6, 6.07) is 10.8. The minimum absolute atomic E-state index is 0.234. The molecule has 1 fully saturated rings. The highest BCUT2D eigenvalue weighted by atomic mass is 16.2. The second-order valence-corrected chi connectivity index (χ2v) is 9.39. The second kappa shape index (κ2) is 10.5. The van der Waals surface area contributed by atoms with Gasteiger partial charge in [0.2, 0.25) is 5.70 Å². The van der Waals surface area contributed by atoms with Gasteiger partial charge in [-0.2, -0.15) is 10.8 Å². The van der Waals surface area contributed by atoms with Crippen molar-refractivity contribution >= 4 is 29.7 Å². The summed E-state index contributed by atoms with van der Waals surface area (Å²) in [6.07, 6.45) is 10.2. The number of anilines is 1. The molecule has 3 N–H and O–H groups in total. The molecule has 1 aromatic carbocycles. The Morgan fingerprint density at radius 1 is 1.26 bits per heavy atom. The molecular formula is C29H30N7O2+. The van der Waals surface area contributed by atoms with Crippen molar-refractivity contribution in [1.82, 2.24) is 9.88 Å². The lowest BCUT2D eigenvalue weighted by atomic mass is 10.0. The molecule has 5 rings (SSSR count). The number of nitrogens with zero attached hydrogens (tertiary/aromatic N) is 5. The Bertz CT molecular complexity index is 1480. The fourth-order valence-corrected chi connectivity index (χ4v) is 5.15. The van der Waals surface area contributed by atoms with Crippen molar-refractivity contribution in [2.45, 2.75) is 45.6 Å². The SMILES string of the molecule is CC#CC(=O)N1CCCC1C1=C2C=NC=C[N+]2(N)C(c2ccccc2C(=O)Nc2cc(CCC)ccn2)=N1. The number of allylic oxidation sites excluding steroid dienone is 1. The average molecular weight is 509 g/mol. The van der Waals surface area contributed by atoms with Crippen molar-refractivity contribution in [2.75, 3.05) is 11.9 Å². The van der Waals surface area contributed by atoms with E-state index in [0.29, 0.717) is 40.7 Å². The summed E-state index contributed by atoms with van der Waals surface area (Å²) >= 11 is 0. The quantitative estimate of drug-likeness (QED) is 0.353. The Balaban J connectivity index is 1.53. The molecule has 3 aliphatic rings. The molecule has 0 aliphatic carbocycles. The summed E-state index contributed by atoms with van der Waals surface area (Å²) in [4.78, 5) is 41.6. The van der Waals surface area contributed by atoms with E-state index < -0.39 is 0 Å². The summed E-state index contributed by atoms with van der Waals surface area (Å²) in [5.41, 5.74) is 3.46. The Morgan fingerprint density at radius 2 is 2.11 bits per heavy atom. The molecule has 0 saturated carbocycles. The van der Waals surface area contributed by atoms with Crippen molar-refractivity contribution in [2.24, 2.45) is 15.8 Å². The maximum absolute atomic E-state index is 13.5. The summed E-state index contributed by atoms with van der Waals surface area (Å²) < 4.78 is -0.245. The lowest BCUT2D eigenvalue weighted by Gasteiger charge is -2.28. The topological polar surface area (TPSA) is 113 Å². The van der Waals surface area contributed by atoms with Crippen LogP contribution in [0, 0.1) is 11.8 Å². The molecule has 2 unspecified atom stereocenters. The fourth-order valence-electron chi connectivity index (χ4n) is 5.15. The van der Waals surface area contributed by atoms with Crippen molar-refractivity contribution in [3.05, 3.63) is 83.1 Å². The van der Waals surface area contributed by atoms with E-state index in [-0.39, 0.29) is 22.4 Å². The summed E-state index contributed by atoms with van der Waals surface area (Å²) in [5.74, 6) is 12.7. The van der Waals surface area contributed by atoms with Gasteiger partial charge in [0.1, 0.15) is 17.7 Å². The van der Waals surface area contributed by atoms with Crippen molar-refractivity contribution < 1.29 is 14.2 Å². The van der Waals surface area contributed by atoms with E-state index >= 15 is 0 Å². The van der Waals surface area contributed by atoms with Gasteiger partial charge in [-0.1, -0.05) is 31.4 Å². The van der Waals surface area contributed by atoms with Gasteiger partial charge in [-0.25, -0.2) is 4.98 Å². The fraction of sp³-hybridized carbons (Fsp3) is 0.276. The molecule has 2 atom stereocenters. The largest absolute Gasteiger partial charge is 0.323 e. The van der Waals surface area contributed by atoms with Crippen LogP contribution in [0.2, 0.25) is 0 Å². The predicted octanol–water partition coefficient (Wildman–Crippen LogP) is 3.52. The molecule has 1 aromatic heterocycles. The number of aromatic nitrogens is 1. The number of carbonyl (C=O) groups excluding carboxylic acids is 2. The number of aliphatic imine (C=N–C) groups is 2. The Morgan fingerprint density at radius 3 is 2.92 bits per heavy atom. The number of hydrogen-bond acceptors (Lipinski definition) is 6. The maximum atomic E-state index is 13.5. The van der Waals surface area contributed by atoms with Gasteiger partial charge in [-0.05, 0) is 61.9 Å².